The molecule has 6 nitrogen and oxygen atoms in total. The van der Waals surface area contributed by atoms with E-state index in [2.05, 4.69) is 10.6 Å². The number of nitrogens with zero attached hydrogens (tertiary/aromatic N) is 1. The van der Waals surface area contributed by atoms with Gasteiger partial charge in [0.1, 0.15) is 0 Å². The lowest BCUT2D eigenvalue weighted by molar-refractivity contribution is -0.131. The number of hydrogen-bond acceptors (Lipinski definition) is 5. The van der Waals surface area contributed by atoms with Gasteiger partial charge in [0.25, 0.3) is 0 Å². The fraction of sp³-hybridized carbons (Fsp3) is 0.364. The second-order valence-electron chi connectivity index (χ2n) is 7.79. The minimum absolute atomic E-state index is 0.171. The summed E-state index contributed by atoms with van der Waals surface area (Å²) in [6, 6.07) is 15.5. The van der Waals surface area contributed by atoms with Gasteiger partial charge in [0.05, 0.1) is 12.1 Å². The van der Waals surface area contributed by atoms with Gasteiger partial charge in [0.15, 0.2) is 6.23 Å². The number of carbonyl (C=O) groups excluding carboxylic acids is 1. The average molecular weight is 413 g/mol. The summed E-state index contributed by atoms with van der Waals surface area (Å²) in [4.78, 5) is 14.6. The van der Waals surface area contributed by atoms with Crippen molar-refractivity contribution in [3.05, 3.63) is 64.7 Å². The highest BCUT2D eigenvalue weighted by atomic mass is 35.5. The predicted octanol–water partition coefficient (Wildman–Crippen LogP) is 2.45. The third-order valence-corrected chi connectivity index (χ3v) is 5.88. The van der Waals surface area contributed by atoms with E-state index in [1.54, 1.807) is 12.1 Å². The van der Waals surface area contributed by atoms with Crippen LogP contribution in [0.3, 0.4) is 0 Å². The molecule has 2 aromatic carbocycles. The number of carbonyl (C=O) groups is 1. The van der Waals surface area contributed by atoms with E-state index in [1.165, 1.54) is 0 Å². The van der Waals surface area contributed by atoms with Gasteiger partial charge in [-0.15, -0.1) is 0 Å². The first-order valence-electron chi connectivity index (χ1n) is 9.86. The Labute approximate surface area is 175 Å². The molecule has 3 atom stereocenters. The Kier molecular flexibility index (Phi) is 5.85. The highest BCUT2D eigenvalue weighted by Crippen LogP contribution is 2.24. The topological polar surface area (TPSA) is 88.5 Å². The van der Waals surface area contributed by atoms with Crippen molar-refractivity contribution in [3.8, 4) is 0 Å². The molecular weight excluding hydrogens is 388 g/mol. The van der Waals surface area contributed by atoms with E-state index in [9.17, 15) is 9.90 Å². The van der Waals surface area contributed by atoms with Crippen molar-refractivity contribution in [2.24, 2.45) is 0 Å². The molecule has 7 heteroatoms. The number of hydrogen-bond donors (Lipinski definition) is 4. The smallest absolute Gasteiger partial charge is 0.227 e. The van der Waals surface area contributed by atoms with Gasteiger partial charge in [-0.3, -0.25) is 4.79 Å². The molecule has 2 saturated heterocycles. The Morgan fingerprint density at radius 2 is 1.83 bits per heavy atom. The summed E-state index contributed by atoms with van der Waals surface area (Å²) in [5, 5.41) is 25.4. The van der Waals surface area contributed by atoms with Crippen molar-refractivity contribution in [2.75, 3.05) is 18.4 Å². The van der Waals surface area contributed by atoms with Gasteiger partial charge in [0, 0.05) is 42.3 Å². The number of anilines is 1. The molecule has 0 spiro atoms. The lowest BCUT2D eigenvalue weighted by Crippen LogP contribution is -2.47. The number of aliphatic hydroxyl groups excluding tert-OH is 1. The molecule has 29 heavy (non-hydrogen) atoms. The Morgan fingerprint density at radius 1 is 1.17 bits per heavy atom. The number of likely N-dealkylation sites (tertiary alicyclic amines) is 1. The van der Waals surface area contributed by atoms with Gasteiger partial charge < -0.3 is 26.0 Å². The van der Waals surface area contributed by atoms with Crippen molar-refractivity contribution in [1.82, 2.24) is 10.2 Å². The Balaban J connectivity index is 1.29. The maximum atomic E-state index is 12.6. The van der Waals surface area contributed by atoms with Crippen LogP contribution in [0.1, 0.15) is 17.5 Å². The fourth-order valence-electron chi connectivity index (χ4n) is 4.03. The standard InChI is InChI=1S/C22H25ClN4O2/c23-16-5-1-14(2-6-16)9-20(24)22(29)26-17-7-3-15(4-8-17)10-21(28)27-13-18-11-19(27)12-25-18/h1-8,18-19,22,24-26,29H,9-13H2/t18?,19?,22-/m0/s1. The summed E-state index contributed by atoms with van der Waals surface area (Å²) < 4.78 is 0. The van der Waals surface area contributed by atoms with Crippen molar-refractivity contribution in [1.29, 1.82) is 5.41 Å². The van der Waals surface area contributed by atoms with Gasteiger partial charge in [-0.2, -0.15) is 0 Å². The van der Waals surface area contributed by atoms with Crippen molar-refractivity contribution in [3.63, 3.8) is 0 Å². The highest BCUT2D eigenvalue weighted by Gasteiger charge is 2.39. The molecule has 0 aliphatic carbocycles. The zero-order valence-corrected chi connectivity index (χ0v) is 16.8. The molecule has 2 unspecified atom stereocenters. The molecule has 152 valence electrons. The number of amides is 1. The molecule has 2 aromatic rings. The van der Waals surface area contributed by atoms with E-state index in [4.69, 9.17) is 17.0 Å². The van der Waals surface area contributed by atoms with Crippen LogP contribution in [0, 0.1) is 5.41 Å². The maximum absolute atomic E-state index is 12.6. The number of nitrogens with one attached hydrogen (secondary N) is 3. The SMILES string of the molecule is N=C(Cc1ccc(Cl)cc1)[C@H](O)Nc1ccc(CC(=O)N2CC3CC2CN3)cc1. The quantitative estimate of drug-likeness (QED) is 0.415. The number of halogens is 1. The van der Waals surface area contributed by atoms with E-state index >= 15 is 0 Å². The Hall–Kier alpha value is -2.41. The van der Waals surface area contributed by atoms with E-state index in [-0.39, 0.29) is 11.6 Å². The minimum Gasteiger partial charge on any atom is -0.368 e. The molecule has 1 amide bonds. The van der Waals surface area contributed by atoms with Crippen LogP contribution in [-0.2, 0) is 17.6 Å². The molecule has 2 aliphatic heterocycles. The molecule has 2 bridgehead atoms. The third-order valence-electron chi connectivity index (χ3n) is 5.63. The Bertz CT molecular complexity index is 885. The first-order valence-corrected chi connectivity index (χ1v) is 10.2. The van der Waals surface area contributed by atoms with Crippen LogP contribution in [0.5, 0.6) is 0 Å². The number of benzene rings is 2. The van der Waals surface area contributed by atoms with Crippen molar-refractivity contribution < 1.29 is 9.90 Å². The first-order chi connectivity index (χ1) is 14.0. The molecule has 4 N–H and O–H groups in total. The predicted molar refractivity (Wildman–Crippen MR) is 115 cm³/mol. The normalized spacial score (nSPS) is 21.2. The van der Waals surface area contributed by atoms with Gasteiger partial charge in [-0.05, 0) is 41.8 Å². The monoisotopic (exact) mass is 412 g/mol. The second kappa shape index (κ2) is 8.53. The zero-order chi connectivity index (χ0) is 20.4. The molecule has 2 fully saturated rings. The molecule has 4 rings (SSSR count). The van der Waals surface area contributed by atoms with Gasteiger partial charge in [-0.25, -0.2) is 0 Å². The summed E-state index contributed by atoms with van der Waals surface area (Å²) in [6.07, 6.45) is 0.711. The van der Waals surface area contributed by atoms with Crippen LogP contribution in [0.4, 0.5) is 5.69 Å². The fourth-order valence-corrected chi connectivity index (χ4v) is 4.15. The largest absolute Gasteiger partial charge is 0.368 e. The van der Waals surface area contributed by atoms with E-state index in [0.717, 1.165) is 30.6 Å². The van der Waals surface area contributed by atoms with Gasteiger partial charge in [0.2, 0.25) is 5.91 Å². The number of piperazine rings is 1. The third kappa shape index (κ3) is 4.78. The molecule has 2 heterocycles. The summed E-state index contributed by atoms with van der Waals surface area (Å²) in [6.45, 7) is 1.71. The molecule has 0 saturated carbocycles. The number of aliphatic hydroxyl groups is 1. The number of rotatable bonds is 7. The summed E-state index contributed by atoms with van der Waals surface area (Å²) in [7, 11) is 0. The summed E-state index contributed by atoms with van der Waals surface area (Å²) >= 11 is 5.87. The Morgan fingerprint density at radius 3 is 2.45 bits per heavy atom. The van der Waals surface area contributed by atoms with Gasteiger partial charge in [-0.1, -0.05) is 35.9 Å². The average Bonchev–Trinajstić information content (AvgIpc) is 3.35. The molecule has 0 radical (unpaired) electrons. The highest BCUT2D eigenvalue weighted by molar-refractivity contribution is 6.30. The molecular formula is C22H25ClN4O2. The minimum atomic E-state index is -1.08. The summed E-state index contributed by atoms with van der Waals surface area (Å²) in [5.74, 6) is 0.171. The zero-order valence-electron chi connectivity index (χ0n) is 16.1. The van der Waals surface area contributed by atoms with E-state index < -0.39 is 6.23 Å². The lowest BCUT2D eigenvalue weighted by atomic mass is 10.1. The van der Waals surface area contributed by atoms with Crippen LogP contribution in [0.2, 0.25) is 5.02 Å². The van der Waals surface area contributed by atoms with Crippen molar-refractivity contribution in [2.45, 2.75) is 37.6 Å². The molecule has 0 aromatic heterocycles. The van der Waals surface area contributed by atoms with Crippen LogP contribution in [0.25, 0.3) is 0 Å². The van der Waals surface area contributed by atoms with Crippen LogP contribution < -0.4 is 10.6 Å². The second-order valence-corrected chi connectivity index (χ2v) is 8.23. The van der Waals surface area contributed by atoms with E-state index in [0.29, 0.717) is 35.6 Å². The number of fused-ring (bicyclic) bond motifs is 2. The van der Waals surface area contributed by atoms with Crippen LogP contribution >= 0.6 is 11.6 Å². The van der Waals surface area contributed by atoms with Crippen molar-refractivity contribution >= 4 is 28.9 Å². The lowest BCUT2D eigenvalue weighted by Gasteiger charge is -2.27. The van der Waals surface area contributed by atoms with Crippen LogP contribution in [-0.4, -0.2) is 53.0 Å². The van der Waals surface area contributed by atoms with Crippen LogP contribution in [0.15, 0.2) is 48.5 Å². The maximum Gasteiger partial charge on any atom is 0.227 e. The van der Waals surface area contributed by atoms with E-state index in [1.807, 2.05) is 41.3 Å². The first kappa shape index (κ1) is 19.9. The molecule has 2 aliphatic rings. The summed E-state index contributed by atoms with van der Waals surface area (Å²) in [5.41, 5.74) is 2.74. The van der Waals surface area contributed by atoms with Gasteiger partial charge >= 0.3 is 0 Å².